The lowest BCUT2D eigenvalue weighted by atomic mass is 10.2. The van der Waals surface area contributed by atoms with Crippen LogP contribution in [-0.4, -0.2) is 19.4 Å². The van der Waals surface area contributed by atoms with Gasteiger partial charge in [-0.05, 0) is 25.0 Å². The van der Waals surface area contributed by atoms with E-state index in [0.29, 0.717) is 5.76 Å². The third-order valence-electron chi connectivity index (χ3n) is 4.03. The van der Waals surface area contributed by atoms with E-state index in [-0.39, 0.29) is 11.0 Å². The van der Waals surface area contributed by atoms with Gasteiger partial charge in [-0.25, -0.2) is 8.42 Å². The molecule has 0 bridgehead atoms. The molecule has 1 heterocycles. The monoisotopic (exact) mass is 293 g/mol. The van der Waals surface area contributed by atoms with Crippen LogP contribution in [0.15, 0.2) is 34.7 Å². The zero-order chi connectivity index (χ0) is 14.2. The highest BCUT2D eigenvalue weighted by Gasteiger charge is 2.31. The number of fused-ring (bicyclic) bond motifs is 1. The van der Waals surface area contributed by atoms with E-state index in [1.54, 1.807) is 0 Å². The minimum Gasteiger partial charge on any atom is -0.459 e. The Bertz CT molecular complexity index is 666. The van der Waals surface area contributed by atoms with E-state index in [9.17, 15) is 8.42 Å². The molecule has 0 aliphatic heterocycles. The van der Waals surface area contributed by atoms with Crippen molar-refractivity contribution in [1.29, 1.82) is 0 Å². The molecule has 1 aliphatic carbocycles. The summed E-state index contributed by atoms with van der Waals surface area (Å²) in [5, 5.41) is 0.745. The molecule has 1 atom stereocenters. The quantitative estimate of drug-likeness (QED) is 0.940. The van der Waals surface area contributed by atoms with E-state index in [1.165, 1.54) is 0 Å². The summed E-state index contributed by atoms with van der Waals surface area (Å²) in [4.78, 5) is 0. The Hall–Kier alpha value is -1.33. The molecule has 4 nitrogen and oxygen atoms in total. The van der Waals surface area contributed by atoms with Gasteiger partial charge in [0.1, 0.15) is 11.3 Å². The van der Waals surface area contributed by atoms with Gasteiger partial charge in [-0.1, -0.05) is 31.0 Å². The van der Waals surface area contributed by atoms with Gasteiger partial charge < -0.3 is 10.2 Å². The Morgan fingerprint density at radius 3 is 2.65 bits per heavy atom. The molecule has 5 heteroatoms. The normalized spacial score (nSPS) is 18.6. The molecule has 0 amide bonds. The van der Waals surface area contributed by atoms with Crippen molar-refractivity contribution in [2.45, 2.75) is 37.0 Å². The molecule has 0 radical (unpaired) electrons. The molecular weight excluding hydrogens is 274 g/mol. The average molecular weight is 293 g/mol. The van der Waals surface area contributed by atoms with Gasteiger partial charge in [0.25, 0.3) is 0 Å². The van der Waals surface area contributed by atoms with E-state index in [0.717, 1.165) is 36.7 Å². The van der Waals surface area contributed by atoms with Crippen molar-refractivity contribution < 1.29 is 12.8 Å². The van der Waals surface area contributed by atoms with Crippen LogP contribution >= 0.6 is 0 Å². The third kappa shape index (κ3) is 2.60. The maximum atomic E-state index is 12.3. The highest BCUT2D eigenvalue weighted by Crippen LogP contribution is 2.29. The highest BCUT2D eigenvalue weighted by molar-refractivity contribution is 7.92. The number of furan rings is 1. The maximum absolute atomic E-state index is 12.3. The molecule has 1 aliphatic rings. The second kappa shape index (κ2) is 5.22. The number of para-hydroxylation sites is 1. The molecule has 1 aromatic heterocycles. The first kappa shape index (κ1) is 13.6. The first-order valence-electron chi connectivity index (χ1n) is 7.02. The van der Waals surface area contributed by atoms with Crippen LogP contribution < -0.4 is 5.73 Å². The van der Waals surface area contributed by atoms with E-state index < -0.39 is 15.9 Å². The molecule has 1 saturated carbocycles. The summed E-state index contributed by atoms with van der Waals surface area (Å²) in [6, 6.07) is 8.84. The van der Waals surface area contributed by atoms with Crippen LogP contribution in [0, 0.1) is 0 Å². The minimum atomic E-state index is -3.13. The SMILES string of the molecule is NC(CS(=O)(=O)C1CCCC1)c1cc2ccccc2o1. The maximum Gasteiger partial charge on any atom is 0.155 e. The Kier molecular flexibility index (Phi) is 3.56. The molecule has 108 valence electrons. The van der Waals surface area contributed by atoms with Gasteiger partial charge in [0.05, 0.1) is 17.0 Å². The molecule has 2 N–H and O–H groups in total. The predicted molar refractivity (Wildman–Crippen MR) is 79.2 cm³/mol. The fraction of sp³-hybridized carbons (Fsp3) is 0.467. The van der Waals surface area contributed by atoms with Crippen molar-refractivity contribution in [2.24, 2.45) is 5.73 Å². The van der Waals surface area contributed by atoms with Crippen LogP contribution in [0.5, 0.6) is 0 Å². The average Bonchev–Trinajstić information content (AvgIpc) is 3.07. The van der Waals surface area contributed by atoms with Crippen LogP contribution in [0.1, 0.15) is 37.5 Å². The van der Waals surface area contributed by atoms with E-state index in [4.69, 9.17) is 10.2 Å². The van der Waals surface area contributed by atoms with Crippen molar-refractivity contribution in [3.63, 3.8) is 0 Å². The fourth-order valence-corrected chi connectivity index (χ4v) is 4.89. The van der Waals surface area contributed by atoms with Crippen LogP contribution in [-0.2, 0) is 9.84 Å². The summed E-state index contributed by atoms with van der Waals surface area (Å²) < 4.78 is 30.3. The summed E-state index contributed by atoms with van der Waals surface area (Å²) in [6.45, 7) is 0. The summed E-state index contributed by atoms with van der Waals surface area (Å²) in [5.74, 6) is 0.519. The molecule has 0 spiro atoms. The second-order valence-electron chi connectivity index (χ2n) is 5.53. The van der Waals surface area contributed by atoms with E-state index in [1.807, 2.05) is 30.3 Å². The lowest BCUT2D eigenvalue weighted by Gasteiger charge is -2.14. The Balaban J connectivity index is 1.80. The van der Waals surface area contributed by atoms with Crippen LogP contribution in [0.3, 0.4) is 0 Å². The van der Waals surface area contributed by atoms with Gasteiger partial charge in [-0.3, -0.25) is 0 Å². The third-order valence-corrected chi connectivity index (χ3v) is 6.34. The van der Waals surface area contributed by atoms with Gasteiger partial charge in [-0.2, -0.15) is 0 Å². The Morgan fingerprint density at radius 1 is 1.25 bits per heavy atom. The van der Waals surface area contributed by atoms with Gasteiger partial charge in [-0.15, -0.1) is 0 Å². The Labute approximate surface area is 118 Å². The number of nitrogens with two attached hydrogens (primary N) is 1. The lowest BCUT2D eigenvalue weighted by molar-refractivity contribution is 0.505. The molecule has 1 fully saturated rings. The first-order valence-corrected chi connectivity index (χ1v) is 8.73. The predicted octanol–water partition coefficient (Wildman–Crippen LogP) is 2.79. The van der Waals surface area contributed by atoms with E-state index >= 15 is 0 Å². The van der Waals surface area contributed by atoms with Crippen LogP contribution in [0.25, 0.3) is 11.0 Å². The summed E-state index contributed by atoms with van der Waals surface area (Å²) >= 11 is 0. The fourth-order valence-electron chi connectivity index (χ4n) is 2.90. The van der Waals surface area contributed by atoms with Crippen molar-refractivity contribution in [3.05, 3.63) is 36.1 Å². The molecule has 3 rings (SSSR count). The van der Waals surface area contributed by atoms with Crippen molar-refractivity contribution in [3.8, 4) is 0 Å². The zero-order valence-electron chi connectivity index (χ0n) is 11.3. The highest BCUT2D eigenvalue weighted by atomic mass is 32.2. The second-order valence-corrected chi connectivity index (χ2v) is 7.85. The van der Waals surface area contributed by atoms with Gasteiger partial charge in [0, 0.05) is 5.39 Å². The standard InChI is InChI=1S/C15H19NO3S/c16-13(10-20(17,18)12-6-2-3-7-12)15-9-11-5-1-4-8-14(11)19-15/h1,4-5,8-9,12-13H,2-3,6-7,10,16H2. The molecule has 2 aromatic rings. The molecule has 1 unspecified atom stereocenters. The van der Waals surface area contributed by atoms with E-state index in [2.05, 4.69) is 0 Å². The smallest absolute Gasteiger partial charge is 0.155 e. The number of benzene rings is 1. The summed E-state index contributed by atoms with van der Waals surface area (Å²) in [7, 11) is -3.13. The van der Waals surface area contributed by atoms with Gasteiger partial charge in [0.2, 0.25) is 0 Å². The summed E-state index contributed by atoms with van der Waals surface area (Å²) in [6.07, 6.45) is 3.55. The summed E-state index contributed by atoms with van der Waals surface area (Å²) in [5.41, 5.74) is 6.79. The van der Waals surface area contributed by atoms with Crippen LogP contribution in [0.2, 0.25) is 0 Å². The van der Waals surface area contributed by atoms with Crippen molar-refractivity contribution in [2.75, 3.05) is 5.75 Å². The molecular formula is C15H19NO3S. The first-order chi connectivity index (χ1) is 9.56. The number of hydrogen-bond donors (Lipinski definition) is 1. The van der Waals surface area contributed by atoms with Gasteiger partial charge in [0.15, 0.2) is 9.84 Å². The lowest BCUT2D eigenvalue weighted by Crippen LogP contribution is -2.28. The number of rotatable bonds is 4. The molecule has 20 heavy (non-hydrogen) atoms. The van der Waals surface area contributed by atoms with Crippen molar-refractivity contribution >= 4 is 20.8 Å². The molecule has 0 saturated heterocycles. The zero-order valence-corrected chi connectivity index (χ0v) is 12.1. The minimum absolute atomic E-state index is 0.0303. The molecule has 1 aromatic carbocycles. The Morgan fingerprint density at radius 2 is 1.95 bits per heavy atom. The van der Waals surface area contributed by atoms with Crippen molar-refractivity contribution in [1.82, 2.24) is 0 Å². The number of sulfone groups is 1. The van der Waals surface area contributed by atoms with Gasteiger partial charge >= 0.3 is 0 Å². The topological polar surface area (TPSA) is 73.3 Å². The largest absolute Gasteiger partial charge is 0.459 e. The van der Waals surface area contributed by atoms with Crippen LogP contribution in [0.4, 0.5) is 0 Å². The number of hydrogen-bond acceptors (Lipinski definition) is 4.